The number of pyridine rings is 2. The Morgan fingerprint density at radius 3 is 2.65 bits per heavy atom. The molecule has 2 amide bonds. The number of primary amides is 1. The molecule has 4 aromatic rings. The number of nitrogens with one attached hydrogen (secondary N) is 2. The molecule has 1 unspecified atom stereocenters. The Balaban J connectivity index is 1.72. The van der Waals surface area contributed by atoms with E-state index in [2.05, 4.69) is 25.7 Å². The molecular formula is C27H28ClN7O5. The number of methoxy groups -OCH3 is 1. The molecule has 12 nitrogen and oxygen atoms in total. The van der Waals surface area contributed by atoms with Gasteiger partial charge in [0.15, 0.2) is 5.75 Å². The zero-order chi connectivity index (χ0) is 28.8. The SMILES string of the molecule is CNC(=O)c1cnc(Cl)cc1Nc1cc(C(C)OCc2cccc(OC(N)=O)n2)cc(-c2ccn(C)n2)c1OC. The summed E-state index contributed by atoms with van der Waals surface area (Å²) >= 11 is 6.17. The Kier molecular flexibility index (Phi) is 8.82. The second-order valence-electron chi connectivity index (χ2n) is 8.62. The lowest BCUT2D eigenvalue weighted by molar-refractivity contribution is 0.0503. The van der Waals surface area contributed by atoms with Crippen molar-refractivity contribution in [2.45, 2.75) is 19.6 Å². The molecule has 0 bridgehead atoms. The fourth-order valence-electron chi connectivity index (χ4n) is 3.95. The molecule has 0 fully saturated rings. The van der Waals surface area contributed by atoms with Gasteiger partial charge in [-0.3, -0.25) is 9.48 Å². The number of halogens is 1. The Hall–Kier alpha value is -4.68. The summed E-state index contributed by atoms with van der Waals surface area (Å²) < 4.78 is 18.5. The standard InChI is InChI=1S/C27H28ClN7O5/c1-15(39-14-17-6-5-7-24(32-17)40-27(29)37)16-10-18(20-8-9-35(3)34-20)25(38-4)22(11-16)33-21-12-23(28)31-13-19(21)26(36)30-2/h5-13,15H,14H2,1-4H3,(H2,29,37)(H,30,36)(H,31,33). The van der Waals surface area contributed by atoms with Crippen LogP contribution in [0.2, 0.25) is 5.15 Å². The number of nitrogens with zero attached hydrogens (tertiary/aromatic N) is 4. The van der Waals surface area contributed by atoms with Crippen molar-refractivity contribution in [2.24, 2.45) is 12.8 Å². The normalized spacial score (nSPS) is 11.5. The third-order valence-corrected chi connectivity index (χ3v) is 6.06. The number of aryl methyl sites for hydroxylation is 1. The highest BCUT2D eigenvalue weighted by Gasteiger charge is 2.21. The van der Waals surface area contributed by atoms with E-state index in [0.29, 0.717) is 39.6 Å². The summed E-state index contributed by atoms with van der Waals surface area (Å²) in [5.74, 6) is 0.249. The number of ether oxygens (including phenoxy) is 3. The lowest BCUT2D eigenvalue weighted by Crippen LogP contribution is -2.19. The van der Waals surface area contributed by atoms with Crippen molar-refractivity contribution in [3.8, 4) is 22.9 Å². The van der Waals surface area contributed by atoms with Crippen molar-refractivity contribution in [3.05, 3.63) is 76.8 Å². The molecule has 0 spiro atoms. The first-order valence-electron chi connectivity index (χ1n) is 12.1. The molecule has 0 aliphatic rings. The van der Waals surface area contributed by atoms with Gasteiger partial charge in [0.05, 0.1) is 48.1 Å². The van der Waals surface area contributed by atoms with Crippen molar-refractivity contribution in [1.82, 2.24) is 25.1 Å². The molecule has 0 saturated heterocycles. The van der Waals surface area contributed by atoms with Crippen LogP contribution in [0.1, 0.15) is 34.6 Å². The van der Waals surface area contributed by atoms with Gasteiger partial charge in [0.1, 0.15) is 5.15 Å². The first-order valence-corrected chi connectivity index (χ1v) is 12.5. The number of hydrogen-bond acceptors (Lipinski definition) is 9. The van der Waals surface area contributed by atoms with E-state index >= 15 is 0 Å². The lowest BCUT2D eigenvalue weighted by Gasteiger charge is -2.21. The lowest BCUT2D eigenvalue weighted by atomic mass is 10.0. The monoisotopic (exact) mass is 565 g/mol. The summed E-state index contributed by atoms with van der Waals surface area (Å²) in [4.78, 5) is 31.9. The third kappa shape index (κ3) is 6.65. The maximum atomic E-state index is 12.5. The van der Waals surface area contributed by atoms with Gasteiger partial charge in [0.25, 0.3) is 5.91 Å². The molecule has 13 heteroatoms. The molecule has 40 heavy (non-hydrogen) atoms. The number of aromatic nitrogens is 4. The Labute approximate surface area is 235 Å². The summed E-state index contributed by atoms with van der Waals surface area (Å²) in [7, 11) is 4.91. The molecule has 0 aliphatic carbocycles. The molecular weight excluding hydrogens is 538 g/mol. The molecule has 4 N–H and O–H groups in total. The van der Waals surface area contributed by atoms with Crippen LogP contribution in [-0.4, -0.2) is 45.9 Å². The van der Waals surface area contributed by atoms with Crippen LogP contribution in [0.4, 0.5) is 16.2 Å². The number of amides is 2. The Bertz CT molecular complexity index is 1540. The fourth-order valence-corrected chi connectivity index (χ4v) is 4.10. The minimum atomic E-state index is -0.950. The van der Waals surface area contributed by atoms with E-state index in [4.69, 9.17) is 31.5 Å². The number of carbonyl (C=O) groups is 2. The van der Waals surface area contributed by atoms with Crippen molar-refractivity contribution >= 4 is 35.0 Å². The number of anilines is 2. The summed E-state index contributed by atoms with van der Waals surface area (Å²) in [6, 6.07) is 12.2. The van der Waals surface area contributed by atoms with Gasteiger partial charge < -0.3 is 30.6 Å². The topological polar surface area (TPSA) is 156 Å². The van der Waals surface area contributed by atoms with E-state index in [1.807, 2.05) is 38.4 Å². The number of carbonyl (C=O) groups excluding carboxylic acids is 2. The molecule has 0 aliphatic heterocycles. The van der Waals surface area contributed by atoms with Crippen molar-refractivity contribution in [2.75, 3.05) is 19.5 Å². The maximum absolute atomic E-state index is 12.5. The van der Waals surface area contributed by atoms with Crippen LogP contribution in [0.3, 0.4) is 0 Å². The molecule has 4 rings (SSSR count). The first kappa shape index (κ1) is 28.3. The Morgan fingerprint density at radius 1 is 1.18 bits per heavy atom. The number of benzene rings is 1. The Morgan fingerprint density at radius 2 is 1.98 bits per heavy atom. The van der Waals surface area contributed by atoms with Gasteiger partial charge in [-0.2, -0.15) is 5.10 Å². The molecule has 0 saturated carbocycles. The number of hydrogen-bond donors (Lipinski definition) is 3. The molecule has 3 heterocycles. The highest BCUT2D eigenvalue weighted by atomic mass is 35.5. The molecule has 208 valence electrons. The molecule has 3 aromatic heterocycles. The molecule has 1 aromatic carbocycles. The smallest absolute Gasteiger partial charge is 0.411 e. The fraction of sp³-hybridized carbons (Fsp3) is 0.222. The second-order valence-corrected chi connectivity index (χ2v) is 9.01. The summed E-state index contributed by atoms with van der Waals surface area (Å²) in [5.41, 5.74) is 9.08. The zero-order valence-corrected chi connectivity index (χ0v) is 23.0. The minimum absolute atomic E-state index is 0.0811. The number of nitrogens with two attached hydrogens (primary N) is 1. The summed E-state index contributed by atoms with van der Waals surface area (Å²) in [6.45, 7) is 2.02. The average molecular weight is 566 g/mol. The molecule has 1 atom stereocenters. The predicted octanol–water partition coefficient (Wildman–Crippen LogP) is 4.38. The third-order valence-electron chi connectivity index (χ3n) is 5.85. The minimum Gasteiger partial charge on any atom is -0.494 e. The van der Waals surface area contributed by atoms with E-state index in [0.717, 1.165) is 5.56 Å². The van der Waals surface area contributed by atoms with Gasteiger partial charge in [-0.05, 0) is 42.8 Å². The van der Waals surface area contributed by atoms with Crippen molar-refractivity contribution in [3.63, 3.8) is 0 Å². The highest BCUT2D eigenvalue weighted by Crippen LogP contribution is 2.41. The predicted molar refractivity (Wildman–Crippen MR) is 149 cm³/mol. The average Bonchev–Trinajstić information content (AvgIpc) is 3.36. The van der Waals surface area contributed by atoms with Crippen LogP contribution in [-0.2, 0) is 18.4 Å². The van der Waals surface area contributed by atoms with Gasteiger partial charge in [-0.1, -0.05) is 17.7 Å². The summed E-state index contributed by atoms with van der Waals surface area (Å²) in [6.07, 6.45) is 1.85. The van der Waals surface area contributed by atoms with Crippen molar-refractivity contribution in [1.29, 1.82) is 0 Å². The van der Waals surface area contributed by atoms with Gasteiger partial charge in [0, 0.05) is 38.1 Å². The van der Waals surface area contributed by atoms with Crippen LogP contribution in [0, 0.1) is 0 Å². The van der Waals surface area contributed by atoms with Gasteiger partial charge in [-0.25, -0.2) is 14.8 Å². The maximum Gasteiger partial charge on any atom is 0.411 e. The summed E-state index contributed by atoms with van der Waals surface area (Å²) in [5, 5.41) is 10.7. The van der Waals surface area contributed by atoms with E-state index < -0.39 is 12.2 Å². The van der Waals surface area contributed by atoms with Crippen LogP contribution >= 0.6 is 11.6 Å². The molecule has 0 radical (unpaired) electrons. The first-order chi connectivity index (χ1) is 19.2. The van der Waals surface area contributed by atoms with Crippen LogP contribution < -0.4 is 25.8 Å². The number of rotatable bonds is 10. The van der Waals surface area contributed by atoms with Crippen LogP contribution in [0.15, 0.2) is 54.9 Å². The van der Waals surface area contributed by atoms with Crippen molar-refractivity contribution < 1.29 is 23.8 Å². The zero-order valence-electron chi connectivity index (χ0n) is 22.3. The van der Waals surface area contributed by atoms with E-state index in [1.165, 1.54) is 19.3 Å². The van der Waals surface area contributed by atoms with Gasteiger partial charge in [-0.15, -0.1) is 0 Å². The largest absolute Gasteiger partial charge is 0.494 e. The van der Waals surface area contributed by atoms with Crippen LogP contribution in [0.5, 0.6) is 11.6 Å². The van der Waals surface area contributed by atoms with E-state index in [1.54, 1.807) is 30.0 Å². The van der Waals surface area contributed by atoms with Gasteiger partial charge in [0.2, 0.25) is 5.88 Å². The van der Waals surface area contributed by atoms with Crippen LogP contribution in [0.25, 0.3) is 11.3 Å². The van der Waals surface area contributed by atoms with E-state index in [9.17, 15) is 9.59 Å². The van der Waals surface area contributed by atoms with E-state index in [-0.39, 0.29) is 23.5 Å². The second kappa shape index (κ2) is 12.5. The quantitative estimate of drug-likeness (QED) is 0.237. The highest BCUT2D eigenvalue weighted by molar-refractivity contribution is 6.29. The van der Waals surface area contributed by atoms with Gasteiger partial charge >= 0.3 is 6.09 Å².